The van der Waals surface area contributed by atoms with E-state index in [2.05, 4.69) is 18.3 Å². The highest BCUT2D eigenvalue weighted by molar-refractivity contribution is 7.16. The summed E-state index contributed by atoms with van der Waals surface area (Å²) in [6.45, 7) is 5.03. The van der Waals surface area contributed by atoms with Crippen molar-refractivity contribution in [3.8, 4) is 11.8 Å². The number of anilines is 2. The molecule has 1 aliphatic heterocycles. The van der Waals surface area contributed by atoms with Gasteiger partial charge >= 0.3 is 5.97 Å². The van der Waals surface area contributed by atoms with Gasteiger partial charge in [0.25, 0.3) is 5.91 Å². The molecule has 1 aliphatic carbocycles. The van der Waals surface area contributed by atoms with Crippen LogP contribution in [0.2, 0.25) is 0 Å². The summed E-state index contributed by atoms with van der Waals surface area (Å²) < 4.78 is 5.73. The molecule has 0 saturated carbocycles. The molecule has 0 bridgehead atoms. The number of fused-ring (bicyclic) bond motifs is 2. The van der Waals surface area contributed by atoms with Gasteiger partial charge in [0.05, 0.1) is 16.8 Å². The Labute approximate surface area is 189 Å². The fourth-order valence-corrected chi connectivity index (χ4v) is 5.51. The molecule has 4 rings (SSSR count). The van der Waals surface area contributed by atoms with Crippen molar-refractivity contribution in [3.05, 3.63) is 39.8 Å². The molecule has 32 heavy (non-hydrogen) atoms. The van der Waals surface area contributed by atoms with Crippen LogP contribution in [0.25, 0.3) is 0 Å². The van der Waals surface area contributed by atoms with Gasteiger partial charge in [0, 0.05) is 4.88 Å². The summed E-state index contributed by atoms with van der Waals surface area (Å²) in [5, 5.41) is 22.2. The van der Waals surface area contributed by atoms with E-state index in [0.29, 0.717) is 22.2 Å². The maximum atomic E-state index is 13.0. The van der Waals surface area contributed by atoms with Gasteiger partial charge in [0.2, 0.25) is 5.91 Å². The number of carbonyl (C=O) groups excluding carboxylic acids is 2. The molecule has 2 aliphatic rings. The van der Waals surface area contributed by atoms with Crippen molar-refractivity contribution in [1.82, 2.24) is 0 Å². The van der Waals surface area contributed by atoms with Crippen LogP contribution >= 0.6 is 11.3 Å². The van der Waals surface area contributed by atoms with E-state index >= 15 is 0 Å². The van der Waals surface area contributed by atoms with Crippen molar-refractivity contribution < 1.29 is 24.2 Å². The molecule has 9 heteroatoms. The number of hydrogen-bond donors (Lipinski definition) is 2. The Morgan fingerprint density at radius 3 is 2.84 bits per heavy atom. The summed E-state index contributed by atoms with van der Waals surface area (Å²) in [6, 6.07) is 6.40. The zero-order valence-corrected chi connectivity index (χ0v) is 18.8. The summed E-state index contributed by atoms with van der Waals surface area (Å²) in [6.07, 6.45) is 2.72. The molecule has 0 saturated heterocycles. The van der Waals surface area contributed by atoms with Crippen molar-refractivity contribution in [3.63, 3.8) is 0 Å². The van der Waals surface area contributed by atoms with Crippen LogP contribution < -0.4 is 15.0 Å². The minimum atomic E-state index is -1.26. The van der Waals surface area contributed by atoms with Crippen molar-refractivity contribution in [2.75, 3.05) is 16.8 Å². The van der Waals surface area contributed by atoms with Gasteiger partial charge in [0.1, 0.15) is 23.4 Å². The largest absolute Gasteiger partial charge is 0.478 e. The predicted molar refractivity (Wildman–Crippen MR) is 119 cm³/mol. The Hall–Kier alpha value is -3.38. The van der Waals surface area contributed by atoms with E-state index in [1.54, 1.807) is 13.8 Å². The minimum Gasteiger partial charge on any atom is -0.478 e. The number of amides is 2. The Bertz CT molecular complexity index is 1180. The Kier molecular flexibility index (Phi) is 5.42. The first-order valence-corrected chi connectivity index (χ1v) is 11.1. The second-order valence-electron chi connectivity index (χ2n) is 8.71. The molecular weight excluding hydrogens is 430 g/mol. The third-order valence-electron chi connectivity index (χ3n) is 5.80. The zero-order valence-electron chi connectivity index (χ0n) is 18.0. The number of aromatic carboxylic acids is 1. The highest BCUT2D eigenvalue weighted by Gasteiger charge is 2.42. The number of rotatable bonds is 4. The van der Waals surface area contributed by atoms with E-state index < -0.39 is 23.4 Å². The zero-order chi connectivity index (χ0) is 23.2. The van der Waals surface area contributed by atoms with Gasteiger partial charge in [0.15, 0.2) is 5.60 Å². The van der Waals surface area contributed by atoms with Gasteiger partial charge in [-0.15, -0.1) is 11.3 Å². The van der Waals surface area contributed by atoms with Crippen LogP contribution in [0.5, 0.6) is 5.75 Å². The number of nitriles is 1. The van der Waals surface area contributed by atoms with Crippen molar-refractivity contribution >= 4 is 39.8 Å². The number of carboxylic acids is 1. The van der Waals surface area contributed by atoms with Crippen molar-refractivity contribution in [2.24, 2.45) is 5.92 Å². The molecule has 166 valence electrons. The first kappa shape index (κ1) is 21.8. The Morgan fingerprint density at radius 2 is 2.16 bits per heavy atom. The summed E-state index contributed by atoms with van der Waals surface area (Å²) >= 11 is 1.42. The van der Waals surface area contributed by atoms with Gasteiger partial charge in [-0.25, -0.2) is 4.79 Å². The van der Waals surface area contributed by atoms with Crippen LogP contribution in [0.15, 0.2) is 18.2 Å². The maximum Gasteiger partial charge on any atom is 0.335 e. The van der Waals surface area contributed by atoms with E-state index in [1.807, 2.05) is 0 Å². The second-order valence-corrected chi connectivity index (χ2v) is 9.81. The smallest absolute Gasteiger partial charge is 0.335 e. The predicted octanol–water partition coefficient (Wildman–Crippen LogP) is 3.59. The monoisotopic (exact) mass is 453 g/mol. The number of nitrogens with one attached hydrogen (secondary N) is 1. The summed E-state index contributed by atoms with van der Waals surface area (Å²) in [7, 11) is 0. The molecule has 1 aromatic heterocycles. The molecule has 1 atom stereocenters. The lowest BCUT2D eigenvalue weighted by Crippen LogP contribution is -2.54. The molecule has 2 aromatic rings. The van der Waals surface area contributed by atoms with Crippen LogP contribution in [0.4, 0.5) is 10.7 Å². The van der Waals surface area contributed by atoms with Gasteiger partial charge in [-0.1, -0.05) is 6.92 Å². The normalized spacial score (nSPS) is 18.8. The maximum absolute atomic E-state index is 13.0. The minimum absolute atomic E-state index is 0.0235. The molecule has 1 aromatic carbocycles. The average Bonchev–Trinajstić information content (AvgIpc) is 3.06. The highest BCUT2D eigenvalue weighted by atomic mass is 32.1. The standard InChI is InChI=1S/C23H23N3O5S/c1-12-4-6-14-15(10-24)20(32-18(14)8-12)25-19(27)11-26-16-7-5-13(21(28)29)9-17(16)31-23(2,3)22(26)30/h5,7,9,12H,4,6,8,11H2,1-3H3,(H,25,27)(H,28,29). The lowest BCUT2D eigenvalue weighted by molar-refractivity contribution is -0.133. The lowest BCUT2D eigenvalue weighted by Gasteiger charge is -2.38. The van der Waals surface area contributed by atoms with Crippen molar-refractivity contribution in [1.29, 1.82) is 5.26 Å². The second kappa shape index (κ2) is 7.95. The van der Waals surface area contributed by atoms with Crippen LogP contribution in [0.1, 0.15) is 53.6 Å². The van der Waals surface area contributed by atoms with Gasteiger partial charge in [-0.3, -0.25) is 14.5 Å². The molecule has 1 unspecified atom stereocenters. The van der Waals surface area contributed by atoms with E-state index in [4.69, 9.17) is 4.74 Å². The van der Waals surface area contributed by atoms with E-state index in [-0.39, 0.29) is 17.9 Å². The van der Waals surface area contributed by atoms with E-state index in [9.17, 15) is 24.8 Å². The molecule has 2 amide bonds. The summed E-state index contributed by atoms with van der Waals surface area (Å²) in [5.41, 5.74) is 0.608. The number of thiophene rings is 1. The molecular formula is C23H23N3O5S. The summed E-state index contributed by atoms with van der Waals surface area (Å²) in [4.78, 5) is 39.7. The average molecular weight is 454 g/mol. The third kappa shape index (κ3) is 3.82. The number of carbonyl (C=O) groups is 3. The number of benzene rings is 1. The fourth-order valence-electron chi connectivity index (χ4n) is 4.13. The van der Waals surface area contributed by atoms with E-state index in [1.165, 1.54) is 34.4 Å². The SMILES string of the molecule is CC1CCc2c(sc(NC(=O)CN3C(=O)C(C)(C)Oc4cc(C(=O)O)ccc43)c2C#N)C1. The lowest BCUT2D eigenvalue weighted by atomic mass is 9.89. The van der Waals surface area contributed by atoms with Crippen LogP contribution in [0, 0.1) is 17.2 Å². The van der Waals surface area contributed by atoms with Gasteiger partial charge in [-0.2, -0.15) is 5.26 Å². The van der Waals surface area contributed by atoms with Crippen LogP contribution in [0.3, 0.4) is 0 Å². The fraction of sp³-hybridized carbons (Fsp3) is 0.391. The molecule has 0 fully saturated rings. The van der Waals surface area contributed by atoms with Gasteiger partial charge < -0.3 is 15.2 Å². The first-order chi connectivity index (χ1) is 15.1. The molecule has 2 heterocycles. The molecule has 0 radical (unpaired) electrons. The number of hydrogen-bond acceptors (Lipinski definition) is 6. The third-order valence-corrected chi connectivity index (χ3v) is 6.97. The van der Waals surface area contributed by atoms with Crippen molar-refractivity contribution in [2.45, 2.75) is 45.6 Å². The number of ether oxygens (including phenoxy) is 1. The highest BCUT2D eigenvalue weighted by Crippen LogP contribution is 2.40. The van der Waals surface area contributed by atoms with E-state index in [0.717, 1.165) is 29.7 Å². The number of nitrogens with zero attached hydrogens (tertiary/aromatic N) is 2. The molecule has 8 nitrogen and oxygen atoms in total. The summed E-state index contributed by atoms with van der Waals surface area (Å²) in [5.74, 6) is -1.21. The quantitative estimate of drug-likeness (QED) is 0.730. The van der Waals surface area contributed by atoms with Crippen LogP contribution in [-0.2, 0) is 22.4 Å². The Balaban J connectivity index is 1.61. The van der Waals surface area contributed by atoms with Crippen LogP contribution in [-0.4, -0.2) is 35.0 Å². The molecule has 2 N–H and O–H groups in total. The Morgan fingerprint density at radius 1 is 1.41 bits per heavy atom. The molecule has 0 spiro atoms. The topological polar surface area (TPSA) is 120 Å². The number of carboxylic acid groups (broad SMARTS) is 1. The van der Waals surface area contributed by atoms with Gasteiger partial charge in [-0.05, 0) is 62.8 Å². The first-order valence-electron chi connectivity index (χ1n) is 10.3.